The summed E-state index contributed by atoms with van der Waals surface area (Å²) in [5.41, 5.74) is 2.83. The number of anilines is 1. The molecule has 3 heterocycles. The molecule has 2 atom stereocenters. The van der Waals surface area contributed by atoms with Crippen LogP contribution in [0.15, 0.2) is 54.6 Å². The van der Waals surface area contributed by atoms with Gasteiger partial charge in [-0.1, -0.05) is 71.8 Å². The summed E-state index contributed by atoms with van der Waals surface area (Å²) in [6.07, 6.45) is -4.78. The van der Waals surface area contributed by atoms with Crippen molar-refractivity contribution < 1.29 is 22.9 Å². The number of hydrogen-bond donors (Lipinski definition) is 2. The fraction of sp³-hybridized carbons (Fsp3) is 0.385. The van der Waals surface area contributed by atoms with Gasteiger partial charge in [-0.3, -0.25) is 4.79 Å². The van der Waals surface area contributed by atoms with Crippen LogP contribution in [0.25, 0.3) is 0 Å². The molecule has 0 radical (unpaired) electrons. The van der Waals surface area contributed by atoms with Crippen LogP contribution in [0, 0.1) is 6.92 Å². The average molecular weight is 519 g/mol. The molecule has 2 N–H and O–H groups in total. The van der Waals surface area contributed by atoms with Crippen LogP contribution in [0.1, 0.15) is 45.7 Å². The van der Waals surface area contributed by atoms with E-state index in [0.29, 0.717) is 13.1 Å². The molecular weight excluding hydrogens is 491 g/mol. The van der Waals surface area contributed by atoms with Gasteiger partial charge in [0.15, 0.2) is 11.7 Å². The number of fused-ring (bicyclic) bond motifs is 1. The second-order valence-electron chi connectivity index (χ2n) is 9.56. The molecule has 0 bridgehead atoms. The van der Waals surface area contributed by atoms with Gasteiger partial charge in [0.05, 0.1) is 32.2 Å². The maximum Gasteiger partial charge on any atom is 0.410 e. The van der Waals surface area contributed by atoms with Crippen molar-refractivity contribution in [3.05, 3.63) is 82.0 Å². The van der Waals surface area contributed by atoms with Crippen LogP contribution < -0.4 is 10.2 Å². The largest absolute Gasteiger partial charge is 0.410 e. The van der Waals surface area contributed by atoms with E-state index in [0.717, 1.165) is 35.4 Å². The third-order valence-electron chi connectivity index (χ3n) is 7.03. The standard InChI is InChI=1S/C26H27ClF3N5O/c1-17-7-9-19(10-8-17)20-15-21(26(28,29)30)35-24(31-20)22(27)23(32-35)25(36)34-13-11-33(12-14-34)16-18-5-3-2-4-6-18/h2-10,20-21,31H,11-16H2,1H3/p+1/t20-,21+/m1/s1. The fourth-order valence-electron chi connectivity index (χ4n) is 4.98. The second kappa shape index (κ2) is 9.78. The zero-order valence-corrected chi connectivity index (χ0v) is 20.6. The lowest BCUT2D eigenvalue weighted by molar-refractivity contribution is -0.917. The van der Waals surface area contributed by atoms with Gasteiger partial charge in [0, 0.05) is 12.0 Å². The zero-order chi connectivity index (χ0) is 25.4. The predicted molar refractivity (Wildman–Crippen MR) is 131 cm³/mol. The molecule has 0 unspecified atom stereocenters. The summed E-state index contributed by atoms with van der Waals surface area (Å²) in [4.78, 5) is 16.3. The maximum absolute atomic E-state index is 14.1. The molecule has 2 aliphatic heterocycles. The van der Waals surface area contributed by atoms with E-state index in [1.54, 1.807) is 4.90 Å². The smallest absolute Gasteiger partial charge is 0.362 e. The number of quaternary nitrogens is 1. The van der Waals surface area contributed by atoms with Crippen molar-refractivity contribution >= 4 is 23.3 Å². The van der Waals surface area contributed by atoms with Crippen LogP contribution in [0.4, 0.5) is 19.0 Å². The Labute approximate surface area is 212 Å². The summed E-state index contributed by atoms with van der Waals surface area (Å²) in [5.74, 6) is -0.400. The van der Waals surface area contributed by atoms with Gasteiger partial charge in [-0.05, 0) is 12.5 Å². The second-order valence-corrected chi connectivity index (χ2v) is 9.94. The van der Waals surface area contributed by atoms with Gasteiger partial charge in [-0.15, -0.1) is 0 Å². The number of halogens is 4. The van der Waals surface area contributed by atoms with Crippen LogP contribution in [0.5, 0.6) is 0 Å². The molecule has 2 aliphatic rings. The van der Waals surface area contributed by atoms with Crippen molar-refractivity contribution in [1.29, 1.82) is 0 Å². The fourth-order valence-corrected chi connectivity index (χ4v) is 5.24. The number of piperazine rings is 1. The molecule has 36 heavy (non-hydrogen) atoms. The molecule has 0 aliphatic carbocycles. The molecule has 6 nitrogen and oxygen atoms in total. The highest BCUT2D eigenvalue weighted by Gasteiger charge is 2.48. The average Bonchev–Trinajstić information content (AvgIpc) is 3.20. The first-order chi connectivity index (χ1) is 17.2. The first-order valence-electron chi connectivity index (χ1n) is 12.1. The highest BCUT2D eigenvalue weighted by molar-refractivity contribution is 6.36. The van der Waals surface area contributed by atoms with E-state index in [9.17, 15) is 18.0 Å². The molecule has 190 valence electrons. The minimum atomic E-state index is -4.54. The van der Waals surface area contributed by atoms with Gasteiger partial charge in [0.1, 0.15) is 17.4 Å². The van der Waals surface area contributed by atoms with Gasteiger partial charge >= 0.3 is 6.18 Å². The van der Waals surface area contributed by atoms with E-state index in [4.69, 9.17) is 11.6 Å². The van der Waals surface area contributed by atoms with Crippen LogP contribution in [0.2, 0.25) is 5.02 Å². The maximum atomic E-state index is 14.1. The molecule has 2 aromatic carbocycles. The van der Waals surface area contributed by atoms with Crippen molar-refractivity contribution in [1.82, 2.24) is 14.7 Å². The topological polar surface area (TPSA) is 54.6 Å². The Balaban J connectivity index is 1.35. The lowest BCUT2D eigenvalue weighted by Gasteiger charge is -2.33. The number of amides is 1. The summed E-state index contributed by atoms with van der Waals surface area (Å²) in [6.45, 7) is 5.24. The Hall–Kier alpha value is -3.04. The lowest BCUT2D eigenvalue weighted by atomic mass is 9.96. The van der Waals surface area contributed by atoms with Crippen molar-refractivity contribution in [3.63, 3.8) is 0 Å². The number of aromatic nitrogens is 2. The number of nitrogens with one attached hydrogen (secondary N) is 2. The minimum absolute atomic E-state index is 0.0347. The molecule has 1 saturated heterocycles. The summed E-state index contributed by atoms with van der Waals surface area (Å²) >= 11 is 6.52. The number of nitrogens with zero attached hydrogens (tertiary/aromatic N) is 3. The SMILES string of the molecule is Cc1ccc([C@H]2C[C@@H](C(F)(F)F)n3nc(C(=O)N4CC[NH+](Cc5ccccc5)CC4)c(Cl)c3N2)cc1. The Bertz CT molecular complexity index is 1220. The zero-order valence-electron chi connectivity index (χ0n) is 19.9. The van der Waals surface area contributed by atoms with E-state index in [1.807, 2.05) is 49.4 Å². The van der Waals surface area contributed by atoms with E-state index >= 15 is 0 Å². The number of benzene rings is 2. The Kier molecular flexibility index (Phi) is 6.70. The molecule has 0 saturated carbocycles. The molecular formula is C26H28ClF3N5O+. The van der Waals surface area contributed by atoms with Crippen LogP contribution in [0.3, 0.4) is 0 Å². The Morgan fingerprint density at radius 1 is 1.11 bits per heavy atom. The molecule has 5 rings (SSSR count). The first kappa shape index (κ1) is 24.6. The number of aryl methyl sites for hydroxylation is 1. The third kappa shape index (κ3) is 4.95. The Morgan fingerprint density at radius 2 is 1.78 bits per heavy atom. The number of alkyl halides is 3. The third-order valence-corrected chi connectivity index (χ3v) is 7.39. The Morgan fingerprint density at radius 3 is 2.42 bits per heavy atom. The van der Waals surface area contributed by atoms with Crippen molar-refractivity contribution in [3.8, 4) is 0 Å². The normalized spacial score (nSPS) is 20.6. The van der Waals surface area contributed by atoms with Gasteiger partial charge < -0.3 is 15.1 Å². The minimum Gasteiger partial charge on any atom is -0.362 e. The summed E-state index contributed by atoms with van der Waals surface area (Å²) in [6, 6.07) is 15.0. The molecule has 0 spiro atoms. The highest BCUT2D eigenvalue weighted by atomic mass is 35.5. The molecule has 1 aromatic heterocycles. The predicted octanol–water partition coefficient (Wildman–Crippen LogP) is 4.05. The van der Waals surface area contributed by atoms with E-state index in [2.05, 4.69) is 22.5 Å². The van der Waals surface area contributed by atoms with Gasteiger partial charge in [-0.2, -0.15) is 18.3 Å². The van der Waals surface area contributed by atoms with Crippen molar-refractivity contribution in [2.75, 3.05) is 31.5 Å². The molecule has 1 amide bonds. The first-order valence-corrected chi connectivity index (χ1v) is 12.4. The van der Waals surface area contributed by atoms with Crippen molar-refractivity contribution in [2.45, 2.75) is 38.1 Å². The van der Waals surface area contributed by atoms with E-state index in [1.165, 1.54) is 10.5 Å². The molecule has 1 fully saturated rings. The van der Waals surface area contributed by atoms with Crippen LogP contribution >= 0.6 is 11.6 Å². The number of rotatable bonds is 4. The number of hydrogen-bond acceptors (Lipinski definition) is 3. The van der Waals surface area contributed by atoms with Crippen LogP contribution in [-0.2, 0) is 6.54 Å². The van der Waals surface area contributed by atoms with Gasteiger partial charge in [0.2, 0.25) is 0 Å². The number of carbonyl (C=O) groups excluding carboxylic acids is 1. The van der Waals surface area contributed by atoms with Gasteiger partial charge in [0.25, 0.3) is 5.91 Å². The molecule has 3 aromatic rings. The quantitative estimate of drug-likeness (QED) is 0.548. The lowest BCUT2D eigenvalue weighted by Crippen LogP contribution is -3.13. The number of carbonyl (C=O) groups is 1. The van der Waals surface area contributed by atoms with Crippen LogP contribution in [-0.4, -0.2) is 52.9 Å². The van der Waals surface area contributed by atoms with Crippen molar-refractivity contribution in [2.24, 2.45) is 0 Å². The van der Waals surface area contributed by atoms with E-state index in [-0.39, 0.29) is 23.0 Å². The van der Waals surface area contributed by atoms with Gasteiger partial charge in [-0.25, -0.2) is 4.68 Å². The summed E-state index contributed by atoms with van der Waals surface area (Å²) in [5, 5.41) is 7.15. The molecule has 10 heteroatoms. The summed E-state index contributed by atoms with van der Waals surface area (Å²) in [7, 11) is 0. The monoisotopic (exact) mass is 518 g/mol. The summed E-state index contributed by atoms with van der Waals surface area (Å²) < 4.78 is 43.0. The highest BCUT2D eigenvalue weighted by Crippen LogP contribution is 2.46. The van der Waals surface area contributed by atoms with E-state index < -0.39 is 24.2 Å².